The molecule has 1 unspecified atom stereocenters. The zero-order chi connectivity index (χ0) is 10.6. The number of hydrogen-bond acceptors (Lipinski definition) is 3. The summed E-state index contributed by atoms with van der Waals surface area (Å²) >= 11 is 6.71. The van der Waals surface area contributed by atoms with Gasteiger partial charge in [0, 0.05) is 22.0 Å². The molecule has 3 nitrogen and oxygen atoms in total. The molecule has 0 spiro atoms. The molecule has 1 N–H and O–H groups in total. The van der Waals surface area contributed by atoms with E-state index in [1.807, 2.05) is 0 Å². The summed E-state index contributed by atoms with van der Waals surface area (Å²) in [5.41, 5.74) is 0. The second kappa shape index (κ2) is 5.24. The minimum Gasteiger partial charge on any atom is -0.479 e. The van der Waals surface area contributed by atoms with Crippen LogP contribution >= 0.6 is 23.6 Å². The maximum atomic E-state index is 10.4. The fourth-order valence-electron chi connectivity index (χ4n) is 0.659. The summed E-state index contributed by atoms with van der Waals surface area (Å²) in [6.45, 7) is 1.48. The third-order valence-electron chi connectivity index (χ3n) is 1.45. The minimum atomic E-state index is -0.980. The van der Waals surface area contributed by atoms with Crippen LogP contribution in [-0.4, -0.2) is 17.2 Å². The lowest BCUT2D eigenvalue weighted by atomic mass is 10.4. The number of carboxylic acid groups (broad SMARTS) is 1. The first kappa shape index (κ1) is 11.4. The van der Waals surface area contributed by atoms with Gasteiger partial charge < -0.3 is 5.11 Å². The zero-order valence-electron chi connectivity index (χ0n) is 7.44. The first-order valence-corrected chi connectivity index (χ1v) is 5.03. The number of benzene rings is 1. The van der Waals surface area contributed by atoms with E-state index < -0.39 is 12.1 Å². The summed E-state index contributed by atoms with van der Waals surface area (Å²) < 4.78 is 5.00. The number of carbonyl (C=O) groups is 1. The molecule has 1 rings (SSSR count). The van der Waals surface area contributed by atoms with Crippen molar-refractivity contribution >= 4 is 29.6 Å². The van der Waals surface area contributed by atoms with Crippen molar-refractivity contribution in [1.82, 2.24) is 0 Å². The van der Waals surface area contributed by atoms with Crippen molar-refractivity contribution in [2.24, 2.45) is 0 Å². The Morgan fingerprint density at radius 1 is 1.50 bits per heavy atom. The summed E-state index contributed by atoms with van der Waals surface area (Å²) in [5.74, 6) is -0.980. The highest BCUT2D eigenvalue weighted by Crippen LogP contribution is 2.22. The van der Waals surface area contributed by atoms with Gasteiger partial charge in [0.2, 0.25) is 0 Å². The van der Waals surface area contributed by atoms with Crippen molar-refractivity contribution in [2.45, 2.75) is 17.9 Å². The van der Waals surface area contributed by atoms with Gasteiger partial charge in [0.25, 0.3) is 0 Å². The van der Waals surface area contributed by atoms with Gasteiger partial charge in [-0.25, -0.2) is 4.79 Å². The van der Waals surface area contributed by atoms with Crippen molar-refractivity contribution in [3.05, 3.63) is 29.3 Å². The average molecular weight is 233 g/mol. The molecule has 0 heterocycles. The van der Waals surface area contributed by atoms with Gasteiger partial charge in [-0.1, -0.05) is 11.6 Å². The quantitative estimate of drug-likeness (QED) is 0.811. The van der Waals surface area contributed by atoms with Gasteiger partial charge in [-0.05, 0) is 31.2 Å². The van der Waals surface area contributed by atoms with Crippen LogP contribution in [0.25, 0.3) is 0 Å². The maximum Gasteiger partial charge on any atom is 0.333 e. The van der Waals surface area contributed by atoms with Gasteiger partial charge in [0.05, 0.1) is 0 Å². The van der Waals surface area contributed by atoms with E-state index in [-0.39, 0.29) is 0 Å². The Morgan fingerprint density at radius 3 is 2.57 bits per heavy atom. The van der Waals surface area contributed by atoms with Crippen LogP contribution in [-0.2, 0) is 8.98 Å². The van der Waals surface area contributed by atoms with E-state index in [4.69, 9.17) is 20.9 Å². The summed E-state index contributed by atoms with van der Waals surface area (Å²) in [4.78, 5) is 11.2. The third kappa shape index (κ3) is 3.57. The van der Waals surface area contributed by atoms with Crippen molar-refractivity contribution in [2.75, 3.05) is 0 Å². The summed E-state index contributed by atoms with van der Waals surface area (Å²) in [5, 5.41) is 9.18. The Hall–Kier alpha value is -0.710. The lowest BCUT2D eigenvalue weighted by Gasteiger charge is -2.06. The van der Waals surface area contributed by atoms with E-state index in [2.05, 4.69) is 0 Å². The standard InChI is InChI=1S/C9H9ClO3S/c1-6(9(11)12)13-14-8-4-2-7(10)3-5-8/h2-6H,1H3,(H,11,12). The molecule has 0 aliphatic heterocycles. The Labute approximate surface area is 91.2 Å². The predicted molar refractivity (Wildman–Crippen MR) is 55.5 cm³/mol. The molecule has 5 heteroatoms. The van der Waals surface area contributed by atoms with E-state index in [0.717, 1.165) is 16.9 Å². The molecule has 1 aromatic rings. The number of hydrogen-bond donors (Lipinski definition) is 1. The Morgan fingerprint density at radius 2 is 2.07 bits per heavy atom. The topological polar surface area (TPSA) is 46.5 Å². The summed E-state index contributed by atoms with van der Waals surface area (Å²) in [6.07, 6.45) is -0.823. The van der Waals surface area contributed by atoms with Crippen LogP contribution in [0.4, 0.5) is 0 Å². The predicted octanol–water partition coefficient (Wildman–Crippen LogP) is 2.84. The Bertz CT molecular complexity index is 312. The number of carboxylic acids is 1. The lowest BCUT2D eigenvalue weighted by molar-refractivity contribution is -0.143. The van der Waals surface area contributed by atoms with E-state index in [0.29, 0.717) is 5.02 Å². The van der Waals surface area contributed by atoms with Crippen molar-refractivity contribution in [3.8, 4) is 0 Å². The highest BCUT2D eigenvalue weighted by molar-refractivity contribution is 7.94. The van der Waals surface area contributed by atoms with Crippen LogP contribution in [0.3, 0.4) is 0 Å². The molecule has 0 aromatic heterocycles. The van der Waals surface area contributed by atoms with Gasteiger partial charge in [-0.3, -0.25) is 4.18 Å². The molecule has 0 aliphatic carbocycles. The molecular weight excluding hydrogens is 224 g/mol. The van der Waals surface area contributed by atoms with E-state index in [1.54, 1.807) is 24.3 Å². The highest BCUT2D eigenvalue weighted by atomic mass is 35.5. The normalized spacial score (nSPS) is 12.4. The number of aliphatic carboxylic acids is 1. The molecule has 76 valence electrons. The average Bonchev–Trinajstić information content (AvgIpc) is 2.16. The molecule has 0 saturated carbocycles. The zero-order valence-corrected chi connectivity index (χ0v) is 9.01. The van der Waals surface area contributed by atoms with Crippen LogP contribution in [0.15, 0.2) is 29.2 Å². The Kier molecular flexibility index (Phi) is 4.25. The molecule has 0 radical (unpaired) electrons. The van der Waals surface area contributed by atoms with Crippen molar-refractivity contribution in [3.63, 3.8) is 0 Å². The van der Waals surface area contributed by atoms with E-state index in [1.165, 1.54) is 6.92 Å². The molecule has 0 saturated heterocycles. The molecule has 0 bridgehead atoms. The largest absolute Gasteiger partial charge is 0.479 e. The minimum absolute atomic E-state index is 0.639. The van der Waals surface area contributed by atoms with Crippen LogP contribution in [0.1, 0.15) is 6.92 Å². The number of rotatable bonds is 4. The van der Waals surface area contributed by atoms with Crippen LogP contribution < -0.4 is 0 Å². The fraction of sp³-hybridized carbons (Fsp3) is 0.222. The smallest absolute Gasteiger partial charge is 0.333 e. The first-order chi connectivity index (χ1) is 6.59. The molecule has 14 heavy (non-hydrogen) atoms. The van der Waals surface area contributed by atoms with Gasteiger partial charge in [0.1, 0.15) is 0 Å². The summed E-state index contributed by atoms with van der Waals surface area (Å²) in [7, 11) is 0. The second-order valence-corrected chi connectivity index (χ2v) is 3.88. The van der Waals surface area contributed by atoms with Crippen LogP contribution in [0.2, 0.25) is 5.02 Å². The van der Waals surface area contributed by atoms with Gasteiger partial charge in [-0.2, -0.15) is 0 Å². The molecule has 0 aliphatic rings. The third-order valence-corrected chi connectivity index (χ3v) is 2.55. The van der Waals surface area contributed by atoms with Gasteiger partial charge in [-0.15, -0.1) is 0 Å². The van der Waals surface area contributed by atoms with Crippen LogP contribution in [0.5, 0.6) is 0 Å². The van der Waals surface area contributed by atoms with Gasteiger partial charge in [0.15, 0.2) is 6.10 Å². The molecular formula is C9H9ClO3S. The monoisotopic (exact) mass is 232 g/mol. The van der Waals surface area contributed by atoms with Gasteiger partial charge >= 0.3 is 5.97 Å². The lowest BCUT2D eigenvalue weighted by Crippen LogP contribution is -2.16. The molecule has 1 aromatic carbocycles. The summed E-state index contributed by atoms with van der Waals surface area (Å²) in [6, 6.07) is 6.97. The van der Waals surface area contributed by atoms with E-state index in [9.17, 15) is 4.79 Å². The van der Waals surface area contributed by atoms with Crippen molar-refractivity contribution in [1.29, 1.82) is 0 Å². The van der Waals surface area contributed by atoms with Crippen LogP contribution in [0, 0.1) is 0 Å². The SMILES string of the molecule is CC(OSc1ccc(Cl)cc1)C(=O)O. The fourth-order valence-corrected chi connectivity index (χ4v) is 1.37. The molecule has 0 amide bonds. The second-order valence-electron chi connectivity index (χ2n) is 2.61. The highest BCUT2D eigenvalue weighted by Gasteiger charge is 2.11. The first-order valence-electron chi connectivity index (χ1n) is 3.91. The molecule has 1 atom stereocenters. The number of halogens is 1. The van der Waals surface area contributed by atoms with E-state index >= 15 is 0 Å². The maximum absolute atomic E-state index is 10.4. The van der Waals surface area contributed by atoms with Crippen molar-refractivity contribution < 1.29 is 14.1 Å². The molecule has 0 fully saturated rings. The Balaban J connectivity index is 2.46.